The average Bonchev–Trinajstić information content (AvgIpc) is 2.23. The van der Waals surface area contributed by atoms with Gasteiger partial charge in [-0.3, -0.25) is 4.79 Å². The highest BCUT2D eigenvalue weighted by Gasteiger charge is 2.37. The molecule has 1 unspecified atom stereocenters. The highest BCUT2D eigenvalue weighted by Crippen LogP contribution is 2.21. The van der Waals surface area contributed by atoms with Gasteiger partial charge in [0.05, 0.1) is 6.07 Å². The minimum Gasteiger partial charge on any atom is -0.378 e. The number of hydrogen-bond donors (Lipinski definition) is 1. The zero-order valence-electron chi connectivity index (χ0n) is 10.9. The van der Waals surface area contributed by atoms with Crippen LogP contribution in [0, 0.1) is 17.2 Å². The highest BCUT2D eigenvalue weighted by atomic mass is 16.2. The summed E-state index contributed by atoms with van der Waals surface area (Å²) in [5, 5.41) is 12.0. The number of likely N-dealkylation sites (tertiary alicyclic amines) is 1. The van der Waals surface area contributed by atoms with Gasteiger partial charge in [0.25, 0.3) is 0 Å². The number of carbonyl (C=O) groups is 1. The summed E-state index contributed by atoms with van der Waals surface area (Å²) in [6.07, 6.45) is 1.71. The Kier molecular flexibility index (Phi) is 4.56. The summed E-state index contributed by atoms with van der Waals surface area (Å²) >= 11 is 0. The molecule has 0 saturated carbocycles. The van der Waals surface area contributed by atoms with Crippen molar-refractivity contribution in [2.24, 2.45) is 5.92 Å². The van der Waals surface area contributed by atoms with Gasteiger partial charge in [-0.15, -0.1) is 0 Å². The van der Waals surface area contributed by atoms with Gasteiger partial charge in [0.2, 0.25) is 5.91 Å². The van der Waals surface area contributed by atoms with Gasteiger partial charge in [0.15, 0.2) is 0 Å². The minimum atomic E-state index is -0.256. The van der Waals surface area contributed by atoms with E-state index in [4.69, 9.17) is 5.26 Å². The van der Waals surface area contributed by atoms with E-state index in [-0.39, 0.29) is 23.9 Å². The molecule has 0 aliphatic carbocycles. The van der Waals surface area contributed by atoms with E-state index in [1.807, 2.05) is 13.8 Å². The number of nitriles is 1. The van der Waals surface area contributed by atoms with Crippen LogP contribution >= 0.6 is 0 Å². The predicted molar refractivity (Wildman–Crippen MR) is 66.9 cm³/mol. The molecule has 0 radical (unpaired) electrons. The molecule has 0 aromatic rings. The lowest BCUT2D eigenvalue weighted by molar-refractivity contribution is -0.140. The van der Waals surface area contributed by atoms with Crippen molar-refractivity contribution < 1.29 is 4.79 Å². The normalized spacial score (nSPS) is 22.0. The van der Waals surface area contributed by atoms with Crippen LogP contribution < -0.4 is 5.32 Å². The first-order chi connectivity index (χ1) is 8.01. The van der Waals surface area contributed by atoms with Gasteiger partial charge < -0.3 is 10.2 Å². The molecule has 4 heteroatoms. The minimum absolute atomic E-state index is 0.0279. The Morgan fingerprint density at radius 3 is 2.71 bits per heavy atom. The molecule has 3 atom stereocenters. The van der Waals surface area contributed by atoms with Gasteiger partial charge in [0, 0.05) is 12.2 Å². The predicted octanol–water partition coefficient (Wildman–Crippen LogP) is 1.65. The number of nitrogens with one attached hydrogen (secondary N) is 1. The van der Waals surface area contributed by atoms with E-state index < -0.39 is 0 Å². The van der Waals surface area contributed by atoms with Gasteiger partial charge in [0.1, 0.15) is 12.1 Å². The standard InChI is InChI=1S/C13H21N3O/c1-5-10(4)12(15-9(2)3)13(17)16-7-6-11(16)8-14/h10-12,15H,2,5-7H2,1,3-4H3/t10?,11-,12-/m0/s1. The van der Waals surface area contributed by atoms with E-state index in [0.717, 1.165) is 18.5 Å². The maximum absolute atomic E-state index is 12.3. The number of allylic oxidation sites excluding steroid dienone is 1. The molecular weight excluding hydrogens is 214 g/mol. The maximum Gasteiger partial charge on any atom is 0.246 e. The molecule has 94 valence electrons. The van der Waals surface area contributed by atoms with E-state index in [9.17, 15) is 4.79 Å². The summed E-state index contributed by atoms with van der Waals surface area (Å²) in [5.74, 6) is 0.263. The second kappa shape index (κ2) is 5.72. The molecule has 1 saturated heterocycles. The van der Waals surface area contributed by atoms with Gasteiger partial charge in [-0.25, -0.2) is 0 Å². The number of hydrogen-bond acceptors (Lipinski definition) is 3. The zero-order valence-corrected chi connectivity index (χ0v) is 10.9. The summed E-state index contributed by atoms with van der Waals surface area (Å²) < 4.78 is 0. The van der Waals surface area contributed by atoms with E-state index in [0.29, 0.717) is 6.54 Å². The van der Waals surface area contributed by atoms with Crippen LogP contribution in [0.2, 0.25) is 0 Å². The molecule has 4 nitrogen and oxygen atoms in total. The fourth-order valence-electron chi connectivity index (χ4n) is 1.91. The summed E-state index contributed by atoms with van der Waals surface area (Å²) in [6, 6.07) is 1.66. The SMILES string of the molecule is C=C(C)N[C@H](C(=O)N1CC[C@H]1C#N)C(C)CC. The van der Waals surface area contributed by atoms with Crippen LogP contribution in [0.4, 0.5) is 0 Å². The molecule has 1 fully saturated rings. The number of amides is 1. The monoisotopic (exact) mass is 235 g/mol. The van der Waals surface area contributed by atoms with Gasteiger partial charge >= 0.3 is 0 Å². The maximum atomic E-state index is 12.3. The smallest absolute Gasteiger partial charge is 0.246 e. The van der Waals surface area contributed by atoms with Crippen molar-refractivity contribution in [2.45, 2.75) is 45.7 Å². The Morgan fingerprint density at radius 2 is 2.35 bits per heavy atom. The molecule has 1 aliphatic heterocycles. The van der Waals surface area contributed by atoms with Gasteiger partial charge in [-0.2, -0.15) is 5.26 Å². The first-order valence-corrected chi connectivity index (χ1v) is 6.13. The van der Waals surface area contributed by atoms with Crippen molar-refractivity contribution >= 4 is 5.91 Å². The van der Waals surface area contributed by atoms with E-state index >= 15 is 0 Å². The molecule has 1 amide bonds. The van der Waals surface area contributed by atoms with Crippen molar-refractivity contribution in [3.05, 3.63) is 12.3 Å². The Labute approximate surface area is 103 Å². The van der Waals surface area contributed by atoms with Crippen LogP contribution in [0.15, 0.2) is 12.3 Å². The van der Waals surface area contributed by atoms with Crippen LogP contribution in [0.3, 0.4) is 0 Å². The average molecular weight is 235 g/mol. The van der Waals surface area contributed by atoms with Crippen molar-refractivity contribution in [1.82, 2.24) is 10.2 Å². The van der Waals surface area contributed by atoms with Crippen LogP contribution in [-0.4, -0.2) is 29.4 Å². The van der Waals surface area contributed by atoms with Crippen molar-refractivity contribution in [1.29, 1.82) is 5.26 Å². The highest BCUT2D eigenvalue weighted by molar-refractivity contribution is 5.83. The van der Waals surface area contributed by atoms with Crippen molar-refractivity contribution in [3.63, 3.8) is 0 Å². The molecular formula is C13H21N3O. The topological polar surface area (TPSA) is 56.1 Å². The Balaban J connectivity index is 2.73. The summed E-state index contributed by atoms with van der Waals surface area (Å²) in [4.78, 5) is 14.0. The second-order valence-electron chi connectivity index (χ2n) is 4.75. The number of rotatable bonds is 5. The van der Waals surface area contributed by atoms with E-state index in [1.54, 1.807) is 4.90 Å². The summed E-state index contributed by atoms with van der Waals surface area (Å²) in [5.41, 5.74) is 0.790. The Hall–Kier alpha value is -1.50. The number of carbonyl (C=O) groups excluding carboxylic acids is 1. The number of nitrogens with zero attached hydrogens (tertiary/aromatic N) is 2. The van der Waals surface area contributed by atoms with Crippen LogP contribution in [0.5, 0.6) is 0 Å². The molecule has 0 spiro atoms. The van der Waals surface area contributed by atoms with Crippen LogP contribution in [-0.2, 0) is 4.79 Å². The van der Waals surface area contributed by atoms with Crippen LogP contribution in [0.25, 0.3) is 0 Å². The molecule has 0 aromatic heterocycles. The third-order valence-corrected chi connectivity index (χ3v) is 3.33. The van der Waals surface area contributed by atoms with Gasteiger partial charge in [-0.05, 0) is 19.3 Å². The van der Waals surface area contributed by atoms with Crippen molar-refractivity contribution in [2.75, 3.05) is 6.54 Å². The lowest BCUT2D eigenvalue weighted by atomic mass is 9.94. The molecule has 0 aromatic carbocycles. The van der Waals surface area contributed by atoms with E-state index in [2.05, 4.69) is 24.9 Å². The molecule has 1 aliphatic rings. The fourth-order valence-corrected chi connectivity index (χ4v) is 1.91. The molecule has 1 heterocycles. The zero-order chi connectivity index (χ0) is 13.0. The fraction of sp³-hybridized carbons (Fsp3) is 0.692. The first kappa shape index (κ1) is 13.6. The lowest BCUT2D eigenvalue weighted by Gasteiger charge is -2.40. The largest absolute Gasteiger partial charge is 0.378 e. The summed E-state index contributed by atoms with van der Waals surface area (Å²) in [7, 11) is 0. The molecule has 0 bridgehead atoms. The third kappa shape index (κ3) is 3.00. The Morgan fingerprint density at radius 1 is 1.71 bits per heavy atom. The van der Waals surface area contributed by atoms with Crippen LogP contribution in [0.1, 0.15) is 33.6 Å². The lowest BCUT2D eigenvalue weighted by Crippen LogP contribution is -2.58. The van der Waals surface area contributed by atoms with Gasteiger partial charge in [-0.1, -0.05) is 26.8 Å². The first-order valence-electron chi connectivity index (χ1n) is 6.13. The van der Waals surface area contributed by atoms with E-state index in [1.165, 1.54) is 0 Å². The molecule has 1 rings (SSSR count). The third-order valence-electron chi connectivity index (χ3n) is 3.33. The second-order valence-corrected chi connectivity index (χ2v) is 4.75. The van der Waals surface area contributed by atoms with Crippen molar-refractivity contribution in [3.8, 4) is 6.07 Å². The quantitative estimate of drug-likeness (QED) is 0.788. The summed E-state index contributed by atoms with van der Waals surface area (Å²) in [6.45, 7) is 10.4. The molecule has 1 N–H and O–H groups in total. The Bertz CT molecular complexity index is 345. The molecule has 17 heavy (non-hydrogen) atoms.